The molecule has 0 aliphatic carbocycles. The summed E-state index contributed by atoms with van der Waals surface area (Å²) < 4.78 is 39.1. The van der Waals surface area contributed by atoms with Gasteiger partial charge in [0, 0.05) is 6.54 Å². The Balaban J connectivity index is 1.82. The smallest absolute Gasteiger partial charge is 0.224 e. The van der Waals surface area contributed by atoms with Gasteiger partial charge in [0.25, 0.3) is 0 Å². The van der Waals surface area contributed by atoms with Gasteiger partial charge in [-0.2, -0.15) is 0 Å². The highest BCUT2D eigenvalue weighted by atomic mass is 19.2. The van der Waals surface area contributed by atoms with E-state index in [2.05, 4.69) is 5.32 Å². The lowest BCUT2D eigenvalue weighted by molar-refractivity contribution is -0.120. The van der Waals surface area contributed by atoms with E-state index in [1.54, 1.807) is 18.2 Å². The van der Waals surface area contributed by atoms with Crippen molar-refractivity contribution in [2.45, 2.75) is 12.8 Å². The fraction of sp³-hybridized carbons (Fsp3) is 0.188. The molecule has 1 N–H and O–H groups in total. The van der Waals surface area contributed by atoms with E-state index >= 15 is 0 Å². The number of benzene rings is 2. The maximum atomic E-state index is 13.4. The molecular weight excluding hydrogens is 279 g/mol. The summed E-state index contributed by atoms with van der Waals surface area (Å²) >= 11 is 0. The van der Waals surface area contributed by atoms with Crippen molar-refractivity contribution in [2.24, 2.45) is 0 Å². The van der Waals surface area contributed by atoms with Gasteiger partial charge in [0.15, 0.2) is 11.6 Å². The standard InChI is InChI=1S/C16H14F3NO/c17-13-4-2-1-3-12(13)10-16(21)20-8-7-11-5-6-14(18)15(19)9-11/h1-6,9H,7-8,10H2,(H,20,21). The van der Waals surface area contributed by atoms with Gasteiger partial charge in [-0.25, -0.2) is 13.2 Å². The van der Waals surface area contributed by atoms with Gasteiger partial charge < -0.3 is 5.32 Å². The van der Waals surface area contributed by atoms with Gasteiger partial charge in [-0.15, -0.1) is 0 Å². The summed E-state index contributed by atoms with van der Waals surface area (Å²) in [5, 5.41) is 2.62. The first kappa shape index (κ1) is 15.1. The number of nitrogens with one attached hydrogen (secondary N) is 1. The van der Waals surface area contributed by atoms with E-state index < -0.39 is 17.5 Å². The molecule has 0 aromatic heterocycles. The van der Waals surface area contributed by atoms with Gasteiger partial charge in [-0.3, -0.25) is 4.79 Å². The molecule has 0 unspecified atom stereocenters. The molecule has 0 aliphatic heterocycles. The molecule has 2 nitrogen and oxygen atoms in total. The Labute approximate surface area is 120 Å². The van der Waals surface area contributed by atoms with Crippen molar-refractivity contribution in [1.29, 1.82) is 0 Å². The molecule has 0 saturated heterocycles. The van der Waals surface area contributed by atoms with Gasteiger partial charge in [-0.1, -0.05) is 24.3 Å². The van der Waals surface area contributed by atoms with Crippen LogP contribution in [0.25, 0.3) is 0 Å². The average Bonchev–Trinajstić information content (AvgIpc) is 2.45. The first-order valence-electron chi connectivity index (χ1n) is 6.50. The molecule has 0 radical (unpaired) electrons. The second-order valence-electron chi connectivity index (χ2n) is 4.62. The van der Waals surface area contributed by atoms with Crippen molar-refractivity contribution in [3.8, 4) is 0 Å². The summed E-state index contributed by atoms with van der Waals surface area (Å²) in [5.41, 5.74) is 0.905. The summed E-state index contributed by atoms with van der Waals surface area (Å²) in [5.74, 6) is -2.55. The Hall–Kier alpha value is -2.30. The molecule has 110 valence electrons. The largest absolute Gasteiger partial charge is 0.355 e. The molecular formula is C16H14F3NO. The number of carbonyl (C=O) groups is 1. The molecule has 1 amide bonds. The Kier molecular flexibility index (Phi) is 4.98. The molecule has 2 aromatic carbocycles. The monoisotopic (exact) mass is 293 g/mol. The van der Waals surface area contributed by atoms with E-state index in [1.807, 2.05) is 0 Å². The summed E-state index contributed by atoms with van der Waals surface area (Å²) in [6.45, 7) is 0.276. The predicted molar refractivity (Wildman–Crippen MR) is 73.2 cm³/mol. The second kappa shape index (κ2) is 6.92. The molecule has 0 heterocycles. The average molecular weight is 293 g/mol. The number of rotatable bonds is 5. The number of hydrogen-bond acceptors (Lipinski definition) is 1. The third kappa shape index (κ3) is 4.34. The third-order valence-electron chi connectivity index (χ3n) is 3.03. The minimum atomic E-state index is -0.912. The van der Waals surface area contributed by atoms with E-state index in [-0.39, 0.29) is 18.9 Å². The minimum absolute atomic E-state index is 0.0511. The number of amides is 1. The number of halogens is 3. The van der Waals surface area contributed by atoms with Crippen LogP contribution in [0.15, 0.2) is 42.5 Å². The van der Waals surface area contributed by atoms with Gasteiger partial charge in [-0.05, 0) is 35.7 Å². The molecule has 0 spiro atoms. The highest BCUT2D eigenvalue weighted by molar-refractivity contribution is 5.78. The summed E-state index contributed by atoms with van der Waals surface area (Å²) in [4.78, 5) is 11.7. The Morgan fingerprint density at radius 3 is 2.43 bits per heavy atom. The van der Waals surface area contributed by atoms with Gasteiger partial charge in [0.1, 0.15) is 5.82 Å². The van der Waals surface area contributed by atoms with Crippen molar-refractivity contribution in [1.82, 2.24) is 5.32 Å². The molecule has 2 aromatic rings. The van der Waals surface area contributed by atoms with Crippen LogP contribution in [0.1, 0.15) is 11.1 Å². The van der Waals surface area contributed by atoms with Crippen LogP contribution in [-0.2, 0) is 17.6 Å². The molecule has 0 atom stereocenters. The van der Waals surface area contributed by atoms with E-state index in [0.717, 1.165) is 12.1 Å². The van der Waals surface area contributed by atoms with E-state index in [4.69, 9.17) is 0 Å². The van der Waals surface area contributed by atoms with Gasteiger partial charge >= 0.3 is 0 Å². The van der Waals surface area contributed by atoms with E-state index in [9.17, 15) is 18.0 Å². The Morgan fingerprint density at radius 1 is 0.952 bits per heavy atom. The highest BCUT2D eigenvalue weighted by Gasteiger charge is 2.07. The van der Waals surface area contributed by atoms with Crippen LogP contribution in [0.2, 0.25) is 0 Å². The van der Waals surface area contributed by atoms with E-state index in [0.29, 0.717) is 17.5 Å². The second-order valence-corrected chi connectivity index (χ2v) is 4.62. The van der Waals surface area contributed by atoms with Crippen molar-refractivity contribution in [2.75, 3.05) is 6.54 Å². The zero-order valence-corrected chi connectivity index (χ0v) is 11.2. The molecule has 21 heavy (non-hydrogen) atoms. The third-order valence-corrected chi connectivity index (χ3v) is 3.03. The van der Waals surface area contributed by atoms with Crippen LogP contribution in [0.3, 0.4) is 0 Å². The maximum absolute atomic E-state index is 13.4. The number of hydrogen-bond donors (Lipinski definition) is 1. The first-order valence-corrected chi connectivity index (χ1v) is 6.50. The van der Waals surface area contributed by atoms with Crippen molar-refractivity contribution in [3.63, 3.8) is 0 Å². The first-order chi connectivity index (χ1) is 10.1. The number of carbonyl (C=O) groups excluding carboxylic acids is 1. The summed E-state index contributed by atoms with van der Waals surface area (Å²) in [6.07, 6.45) is 0.324. The topological polar surface area (TPSA) is 29.1 Å². The highest BCUT2D eigenvalue weighted by Crippen LogP contribution is 2.09. The van der Waals surface area contributed by atoms with Crippen LogP contribution >= 0.6 is 0 Å². The van der Waals surface area contributed by atoms with Crippen LogP contribution < -0.4 is 5.32 Å². The molecule has 0 bridgehead atoms. The molecule has 2 rings (SSSR count). The summed E-state index contributed by atoms with van der Waals surface area (Å²) in [7, 11) is 0. The van der Waals surface area contributed by atoms with Crippen LogP contribution in [0.4, 0.5) is 13.2 Å². The van der Waals surface area contributed by atoms with Crippen molar-refractivity contribution >= 4 is 5.91 Å². The zero-order valence-electron chi connectivity index (χ0n) is 11.2. The van der Waals surface area contributed by atoms with Gasteiger partial charge in [0.2, 0.25) is 5.91 Å². The van der Waals surface area contributed by atoms with Crippen LogP contribution in [0, 0.1) is 17.5 Å². The zero-order chi connectivity index (χ0) is 15.2. The molecule has 5 heteroatoms. The lowest BCUT2D eigenvalue weighted by Gasteiger charge is -2.06. The molecule has 0 aliphatic rings. The minimum Gasteiger partial charge on any atom is -0.355 e. The summed E-state index contributed by atoms with van der Waals surface area (Å²) in [6, 6.07) is 9.66. The SMILES string of the molecule is O=C(Cc1ccccc1F)NCCc1ccc(F)c(F)c1. The maximum Gasteiger partial charge on any atom is 0.224 e. The van der Waals surface area contributed by atoms with Crippen LogP contribution in [0.5, 0.6) is 0 Å². The fourth-order valence-corrected chi connectivity index (χ4v) is 1.92. The predicted octanol–water partition coefficient (Wildman–Crippen LogP) is 3.01. The van der Waals surface area contributed by atoms with Gasteiger partial charge in [0.05, 0.1) is 6.42 Å². The Morgan fingerprint density at radius 2 is 1.71 bits per heavy atom. The van der Waals surface area contributed by atoms with E-state index in [1.165, 1.54) is 12.1 Å². The lowest BCUT2D eigenvalue weighted by Crippen LogP contribution is -2.27. The quantitative estimate of drug-likeness (QED) is 0.902. The normalized spacial score (nSPS) is 10.4. The molecule has 0 saturated carbocycles. The molecule has 0 fully saturated rings. The Bertz CT molecular complexity index is 643. The van der Waals surface area contributed by atoms with Crippen molar-refractivity contribution in [3.05, 3.63) is 71.0 Å². The lowest BCUT2D eigenvalue weighted by atomic mass is 10.1. The fourth-order valence-electron chi connectivity index (χ4n) is 1.92. The van der Waals surface area contributed by atoms with Crippen molar-refractivity contribution < 1.29 is 18.0 Å². The van der Waals surface area contributed by atoms with Crippen LogP contribution in [-0.4, -0.2) is 12.5 Å².